The van der Waals surface area contributed by atoms with Gasteiger partial charge in [-0.3, -0.25) is 9.48 Å². The zero-order valence-corrected chi connectivity index (χ0v) is 11.2. The van der Waals surface area contributed by atoms with Gasteiger partial charge in [0.1, 0.15) is 5.76 Å². The number of rotatable bonds is 5. The maximum absolute atomic E-state index is 12.0. The van der Waals surface area contributed by atoms with E-state index in [1.807, 2.05) is 13.8 Å². The highest BCUT2D eigenvalue weighted by molar-refractivity contribution is 5.92. The van der Waals surface area contributed by atoms with Crippen molar-refractivity contribution in [1.29, 1.82) is 0 Å². The van der Waals surface area contributed by atoms with E-state index in [1.165, 1.54) is 0 Å². The summed E-state index contributed by atoms with van der Waals surface area (Å²) in [6.45, 7) is 6.39. The number of carbonyl (C=O) groups excluding carboxylic acids is 1. The second-order valence-electron chi connectivity index (χ2n) is 4.77. The lowest BCUT2D eigenvalue weighted by Crippen LogP contribution is -2.41. The highest BCUT2D eigenvalue weighted by Crippen LogP contribution is 2.07. The van der Waals surface area contributed by atoms with E-state index in [4.69, 9.17) is 4.52 Å². The molecule has 1 amide bonds. The highest BCUT2D eigenvalue weighted by Gasteiger charge is 2.20. The zero-order valence-electron chi connectivity index (χ0n) is 11.2. The first kappa shape index (κ1) is 13.3. The van der Waals surface area contributed by atoms with Crippen molar-refractivity contribution in [3.8, 4) is 0 Å². The number of nitrogens with one attached hydrogen (secondary N) is 1. The molecular weight excluding hydrogens is 246 g/mol. The molecule has 0 bridgehead atoms. The van der Waals surface area contributed by atoms with Crippen molar-refractivity contribution in [2.75, 3.05) is 0 Å². The van der Waals surface area contributed by atoms with Crippen LogP contribution in [0.25, 0.3) is 0 Å². The zero-order chi connectivity index (χ0) is 13.8. The molecule has 0 aliphatic heterocycles. The first-order valence-electron chi connectivity index (χ1n) is 6.14. The lowest BCUT2D eigenvalue weighted by atomic mass is 10.0. The molecule has 19 heavy (non-hydrogen) atoms. The number of carbonyl (C=O) groups is 1. The Hall–Kier alpha value is -2.18. The van der Waals surface area contributed by atoms with Crippen LogP contribution in [0.4, 0.5) is 0 Å². The van der Waals surface area contributed by atoms with Crippen molar-refractivity contribution in [1.82, 2.24) is 25.5 Å². The summed E-state index contributed by atoms with van der Waals surface area (Å²) in [4.78, 5) is 12.0. The van der Waals surface area contributed by atoms with Gasteiger partial charge >= 0.3 is 0 Å². The van der Waals surface area contributed by atoms with Crippen molar-refractivity contribution in [2.24, 2.45) is 5.92 Å². The maximum Gasteiger partial charge on any atom is 0.273 e. The van der Waals surface area contributed by atoms with Gasteiger partial charge in [0, 0.05) is 12.3 Å². The molecule has 0 spiro atoms. The second-order valence-corrected chi connectivity index (χ2v) is 4.77. The minimum Gasteiger partial charge on any atom is -0.361 e. The SMILES string of the molecule is Cc1cc(C(=O)N[C@H](Cn2ccnn2)C(C)C)no1. The molecule has 0 aromatic carbocycles. The lowest BCUT2D eigenvalue weighted by Gasteiger charge is -2.21. The van der Waals surface area contributed by atoms with E-state index in [-0.39, 0.29) is 17.9 Å². The number of hydrogen-bond acceptors (Lipinski definition) is 5. The minimum atomic E-state index is -0.240. The van der Waals surface area contributed by atoms with Gasteiger partial charge in [0.15, 0.2) is 5.69 Å². The number of amides is 1. The Morgan fingerprint density at radius 2 is 2.32 bits per heavy atom. The molecule has 0 aliphatic carbocycles. The van der Waals surface area contributed by atoms with Crippen molar-refractivity contribution < 1.29 is 9.32 Å². The van der Waals surface area contributed by atoms with Gasteiger partial charge in [-0.1, -0.05) is 24.2 Å². The molecule has 0 fully saturated rings. The molecule has 1 N–H and O–H groups in total. The summed E-state index contributed by atoms with van der Waals surface area (Å²) in [5, 5.41) is 14.3. The molecule has 2 heterocycles. The Morgan fingerprint density at radius 3 is 2.84 bits per heavy atom. The molecule has 2 rings (SSSR count). The van der Waals surface area contributed by atoms with Gasteiger partial charge in [-0.15, -0.1) is 5.10 Å². The normalized spacial score (nSPS) is 12.6. The Morgan fingerprint density at radius 1 is 1.53 bits per heavy atom. The molecule has 0 unspecified atom stereocenters. The van der Waals surface area contributed by atoms with Gasteiger partial charge in [0.25, 0.3) is 5.91 Å². The van der Waals surface area contributed by atoms with E-state index in [1.54, 1.807) is 30.1 Å². The van der Waals surface area contributed by atoms with Gasteiger partial charge in [0.2, 0.25) is 0 Å². The Balaban J connectivity index is 2.02. The smallest absolute Gasteiger partial charge is 0.273 e. The lowest BCUT2D eigenvalue weighted by molar-refractivity contribution is 0.0910. The van der Waals surface area contributed by atoms with Crippen LogP contribution < -0.4 is 5.32 Å². The fraction of sp³-hybridized carbons (Fsp3) is 0.500. The quantitative estimate of drug-likeness (QED) is 0.870. The van der Waals surface area contributed by atoms with E-state index in [0.29, 0.717) is 18.0 Å². The molecule has 102 valence electrons. The molecule has 0 saturated heterocycles. The fourth-order valence-electron chi connectivity index (χ4n) is 1.67. The predicted octanol–water partition coefficient (Wildman–Crippen LogP) is 1.03. The summed E-state index contributed by atoms with van der Waals surface area (Å²) in [6, 6.07) is 1.56. The van der Waals surface area contributed by atoms with E-state index < -0.39 is 0 Å². The summed E-state index contributed by atoms with van der Waals surface area (Å²) >= 11 is 0. The van der Waals surface area contributed by atoms with Gasteiger partial charge in [-0.25, -0.2) is 0 Å². The molecule has 2 aromatic heterocycles. The topological polar surface area (TPSA) is 85.8 Å². The van der Waals surface area contributed by atoms with Crippen molar-refractivity contribution in [2.45, 2.75) is 33.4 Å². The van der Waals surface area contributed by atoms with Crippen LogP contribution in [-0.2, 0) is 6.54 Å². The average Bonchev–Trinajstić information content (AvgIpc) is 2.99. The summed E-state index contributed by atoms with van der Waals surface area (Å²) in [5.74, 6) is 0.638. The van der Waals surface area contributed by atoms with E-state index in [0.717, 1.165) is 0 Å². The minimum absolute atomic E-state index is 0.0498. The largest absolute Gasteiger partial charge is 0.361 e. The van der Waals surface area contributed by atoms with Crippen LogP contribution in [0.3, 0.4) is 0 Å². The van der Waals surface area contributed by atoms with E-state index >= 15 is 0 Å². The number of hydrogen-bond donors (Lipinski definition) is 1. The number of nitrogens with zero attached hydrogens (tertiary/aromatic N) is 4. The third-order valence-electron chi connectivity index (χ3n) is 2.84. The molecule has 0 saturated carbocycles. The van der Waals surface area contributed by atoms with Crippen LogP contribution in [-0.4, -0.2) is 32.1 Å². The fourth-order valence-corrected chi connectivity index (χ4v) is 1.67. The first-order valence-corrected chi connectivity index (χ1v) is 6.14. The number of aryl methyl sites for hydroxylation is 1. The summed E-state index contributed by atoms with van der Waals surface area (Å²) < 4.78 is 6.59. The molecule has 1 atom stereocenters. The van der Waals surface area contributed by atoms with Crippen LogP contribution in [0, 0.1) is 12.8 Å². The Kier molecular flexibility index (Phi) is 3.94. The Bertz CT molecular complexity index is 532. The first-order chi connectivity index (χ1) is 9.06. The van der Waals surface area contributed by atoms with Crippen LogP contribution >= 0.6 is 0 Å². The number of aromatic nitrogens is 4. The molecule has 7 heteroatoms. The molecule has 0 aliphatic rings. The van der Waals surface area contributed by atoms with Crippen molar-refractivity contribution in [3.63, 3.8) is 0 Å². The van der Waals surface area contributed by atoms with Gasteiger partial charge < -0.3 is 9.84 Å². The van der Waals surface area contributed by atoms with Crippen molar-refractivity contribution >= 4 is 5.91 Å². The van der Waals surface area contributed by atoms with Crippen molar-refractivity contribution in [3.05, 3.63) is 29.9 Å². The van der Waals surface area contributed by atoms with Crippen LogP contribution in [0.1, 0.15) is 30.1 Å². The third kappa shape index (κ3) is 3.40. The average molecular weight is 263 g/mol. The Labute approximate surface area is 111 Å². The van der Waals surface area contributed by atoms with Gasteiger partial charge in [0.05, 0.1) is 18.8 Å². The third-order valence-corrected chi connectivity index (χ3v) is 2.84. The highest BCUT2D eigenvalue weighted by atomic mass is 16.5. The molecule has 0 radical (unpaired) electrons. The summed E-state index contributed by atoms with van der Waals surface area (Å²) in [6.07, 6.45) is 3.38. The molecule has 2 aromatic rings. The summed E-state index contributed by atoms with van der Waals surface area (Å²) in [5.41, 5.74) is 0.293. The predicted molar refractivity (Wildman–Crippen MR) is 67.4 cm³/mol. The van der Waals surface area contributed by atoms with E-state index in [9.17, 15) is 4.79 Å². The van der Waals surface area contributed by atoms with Crippen LogP contribution in [0.15, 0.2) is 23.0 Å². The molecular formula is C12H17N5O2. The van der Waals surface area contributed by atoms with E-state index in [2.05, 4.69) is 20.8 Å². The maximum atomic E-state index is 12.0. The standard InChI is InChI=1S/C12H17N5O2/c1-8(2)11(7-17-5-4-13-16-17)14-12(18)10-6-9(3)19-15-10/h4-6,8,11H,7H2,1-3H3,(H,14,18)/t11-/m1/s1. The molecule has 7 nitrogen and oxygen atoms in total. The second kappa shape index (κ2) is 5.64. The monoisotopic (exact) mass is 263 g/mol. The summed E-state index contributed by atoms with van der Waals surface area (Å²) in [7, 11) is 0. The van der Waals surface area contributed by atoms with Crippen LogP contribution in [0.2, 0.25) is 0 Å². The van der Waals surface area contributed by atoms with Gasteiger partial charge in [-0.05, 0) is 12.8 Å². The van der Waals surface area contributed by atoms with Gasteiger partial charge in [-0.2, -0.15) is 0 Å². The van der Waals surface area contributed by atoms with Crippen LogP contribution in [0.5, 0.6) is 0 Å².